The monoisotopic (exact) mass is 331 g/mol. The molecule has 0 radical (unpaired) electrons. The van der Waals surface area contributed by atoms with Gasteiger partial charge in [-0.2, -0.15) is 5.26 Å². The van der Waals surface area contributed by atoms with Crippen molar-refractivity contribution in [3.63, 3.8) is 0 Å². The van der Waals surface area contributed by atoms with Crippen molar-refractivity contribution in [1.29, 1.82) is 5.26 Å². The fourth-order valence-electron chi connectivity index (χ4n) is 2.51. The number of hydrogen-bond donors (Lipinski definition) is 2. The smallest absolute Gasteiger partial charge is 0.306 e. The van der Waals surface area contributed by atoms with Crippen LogP contribution in [0.5, 0.6) is 0 Å². The van der Waals surface area contributed by atoms with Crippen LogP contribution >= 0.6 is 0 Å². The molecule has 1 saturated heterocycles. The zero-order chi connectivity index (χ0) is 17.5. The summed E-state index contributed by atoms with van der Waals surface area (Å²) in [5, 5.41) is 21.0. The highest BCUT2D eigenvalue weighted by molar-refractivity contribution is 5.97. The van der Waals surface area contributed by atoms with Crippen LogP contribution in [0.1, 0.15) is 18.4 Å². The molecule has 2 rings (SSSR count). The average molecular weight is 331 g/mol. The van der Waals surface area contributed by atoms with Gasteiger partial charge in [-0.15, -0.1) is 0 Å². The van der Waals surface area contributed by atoms with E-state index in [1.165, 1.54) is 23.2 Å². The molecule has 0 unspecified atom stereocenters. The average Bonchev–Trinajstić information content (AvgIpc) is 2.60. The van der Waals surface area contributed by atoms with E-state index in [9.17, 15) is 14.0 Å². The topological polar surface area (TPSA) is 93.4 Å². The highest BCUT2D eigenvalue weighted by Gasteiger charge is 2.28. The number of halogens is 1. The molecule has 126 valence electrons. The summed E-state index contributed by atoms with van der Waals surface area (Å²) in [6.07, 6.45) is 2.13. The number of rotatable bonds is 5. The lowest BCUT2D eigenvalue weighted by Crippen LogP contribution is -2.41. The standard InChI is InChI=1S/C17H18FN3O3/c18-15-3-1-12(2-4-15)10-20-11-14(9-19)16(22)21-7-5-13(6-8-21)17(23)24/h1-4,11,13,20H,5-8,10H2,(H,23,24)/b14-11-. The molecule has 0 bridgehead atoms. The van der Waals surface area contributed by atoms with Gasteiger partial charge in [-0.05, 0) is 30.5 Å². The third kappa shape index (κ3) is 4.56. The molecule has 1 aliphatic heterocycles. The number of hydrogen-bond acceptors (Lipinski definition) is 4. The normalized spacial score (nSPS) is 15.7. The summed E-state index contributed by atoms with van der Waals surface area (Å²) in [6, 6.07) is 7.76. The maximum absolute atomic E-state index is 12.8. The first kappa shape index (κ1) is 17.5. The SMILES string of the molecule is N#C/C(=C/NCc1ccc(F)cc1)C(=O)N1CCC(C(=O)O)CC1. The van der Waals surface area contributed by atoms with Crippen LogP contribution < -0.4 is 5.32 Å². The Bertz CT molecular complexity index is 671. The summed E-state index contributed by atoms with van der Waals surface area (Å²) in [4.78, 5) is 24.7. The molecular formula is C17H18FN3O3. The number of carbonyl (C=O) groups is 2. The van der Waals surface area contributed by atoms with E-state index in [-0.39, 0.29) is 11.4 Å². The van der Waals surface area contributed by atoms with Crippen molar-refractivity contribution in [3.8, 4) is 6.07 Å². The lowest BCUT2D eigenvalue weighted by Gasteiger charge is -2.29. The summed E-state index contributed by atoms with van der Waals surface area (Å²) < 4.78 is 12.8. The van der Waals surface area contributed by atoms with E-state index in [0.717, 1.165) is 5.56 Å². The lowest BCUT2D eigenvalue weighted by atomic mass is 9.97. The molecule has 1 aromatic rings. The van der Waals surface area contributed by atoms with E-state index in [1.54, 1.807) is 12.1 Å². The van der Waals surface area contributed by atoms with Gasteiger partial charge < -0.3 is 15.3 Å². The Morgan fingerprint density at radius 3 is 2.50 bits per heavy atom. The Morgan fingerprint density at radius 2 is 1.96 bits per heavy atom. The molecule has 0 spiro atoms. The summed E-state index contributed by atoms with van der Waals surface area (Å²) >= 11 is 0. The van der Waals surface area contributed by atoms with Gasteiger partial charge in [0.2, 0.25) is 0 Å². The van der Waals surface area contributed by atoms with E-state index in [0.29, 0.717) is 32.5 Å². The summed E-state index contributed by atoms with van der Waals surface area (Å²) in [5.74, 6) is -2.01. The number of carboxylic acid groups (broad SMARTS) is 1. The fourth-order valence-corrected chi connectivity index (χ4v) is 2.51. The summed E-state index contributed by atoms with van der Waals surface area (Å²) in [6.45, 7) is 1.01. The van der Waals surface area contributed by atoms with Crippen LogP contribution in [-0.2, 0) is 16.1 Å². The van der Waals surface area contributed by atoms with Crippen molar-refractivity contribution in [2.24, 2.45) is 5.92 Å². The van der Waals surface area contributed by atoms with E-state index < -0.39 is 17.8 Å². The second-order valence-electron chi connectivity index (χ2n) is 5.58. The molecule has 0 saturated carbocycles. The number of nitrogens with one attached hydrogen (secondary N) is 1. The Balaban J connectivity index is 1.90. The fraction of sp³-hybridized carbons (Fsp3) is 0.353. The molecular weight excluding hydrogens is 313 g/mol. The number of nitriles is 1. The minimum atomic E-state index is -0.848. The molecule has 1 aliphatic rings. The third-order valence-corrected chi connectivity index (χ3v) is 3.95. The first-order valence-corrected chi connectivity index (χ1v) is 7.61. The maximum Gasteiger partial charge on any atom is 0.306 e. The van der Waals surface area contributed by atoms with Crippen LogP contribution in [0.4, 0.5) is 4.39 Å². The molecule has 0 aromatic heterocycles. The number of benzene rings is 1. The van der Waals surface area contributed by atoms with E-state index >= 15 is 0 Å². The Labute approximate surface area is 139 Å². The molecule has 1 aromatic carbocycles. The van der Waals surface area contributed by atoms with Gasteiger partial charge in [0.25, 0.3) is 5.91 Å². The number of likely N-dealkylation sites (tertiary alicyclic amines) is 1. The summed E-state index contributed by atoms with van der Waals surface area (Å²) in [7, 11) is 0. The predicted octanol–water partition coefficient (Wildman–Crippen LogP) is 1.65. The number of nitrogens with zero attached hydrogens (tertiary/aromatic N) is 2. The Morgan fingerprint density at radius 1 is 1.33 bits per heavy atom. The van der Waals surface area contributed by atoms with Gasteiger partial charge in [-0.1, -0.05) is 12.1 Å². The predicted molar refractivity (Wildman–Crippen MR) is 83.9 cm³/mol. The van der Waals surface area contributed by atoms with E-state index in [4.69, 9.17) is 10.4 Å². The van der Waals surface area contributed by atoms with Crippen molar-refractivity contribution in [2.75, 3.05) is 13.1 Å². The van der Waals surface area contributed by atoms with Crippen molar-refractivity contribution < 1.29 is 19.1 Å². The van der Waals surface area contributed by atoms with Gasteiger partial charge >= 0.3 is 5.97 Å². The maximum atomic E-state index is 12.8. The number of piperidine rings is 1. The number of amides is 1. The minimum Gasteiger partial charge on any atom is -0.481 e. The van der Waals surface area contributed by atoms with Crippen molar-refractivity contribution >= 4 is 11.9 Å². The molecule has 24 heavy (non-hydrogen) atoms. The van der Waals surface area contributed by atoms with Crippen LogP contribution in [0.15, 0.2) is 36.0 Å². The van der Waals surface area contributed by atoms with Gasteiger partial charge in [0.1, 0.15) is 17.5 Å². The molecule has 7 heteroatoms. The first-order valence-electron chi connectivity index (χ1n) is 7.61. The highest BCUT2D eigenvalue weighted by Crippen LogP contribution is 2.18. The van der Waals surface area contributed by atoms with E-state index in [1.807, 2.05) is 6.07 Å². The Kier molecular flexibility index (Phi) is 5.90. The molecule has 1 heterocycles. The second kappa shape index (κ2) is 8.11. The van der Waals surface area contributed by atoms with Gasteiger partial charge in [0.05, 0.1) is 5.92 Å². The molecule has 0 aliphatic carbocycles. The Hall–Kier alpha value is -2.88. The number of carboxylic acids is 1. The van der Waals surface area contributed by atoms with Crippen molar-refractivity contribution in [3.05, 3.63) is 47.4 Å². The largest absolute Gasteiger partial charge is 0.481 e. The van der Waals surface area contributed by atoms with Crippen LogP contribution in [-0.4, -0.2) is 35.0 Å². The van der Waals surface area contributed by atoms with Crippen molar-refractivity contribution in [2.45, 2.75) is 19.4 Å². The van der Waals surface area contributed by atoms with Gasteiger partial charge in [0, 0.05) is 25.8 Å². The van der Waals surface area contributed by atoms with Crippen LogP contribution in [0.3, 0.4) is 0 Å². The zero-order valence-corrected chi connectivity index (χ0v) is 13.0. The van der Waals surface area contributed by atoms with Gasteiger partial charge in [-0.25, -0.2) is 4.39 Å². The lowest BCUT2D eigenvalue weighted by molar-refractivity contribution is -0.145. The second-order valence-corrected chi connectivity index (χ2v) is 5.58. The molecule has 6 nitrogen and oxygen atoms in total. The van der Waals surface area contributed by atoms with Crippen LogP contribution in [0.2, 0.25) is 0 Å². The first-order chi connectivity index (χ1) is 11.5. The summed E-state index contributed by atoms with van der Waals surface area (Å²) in [5.41, 5.74) is 0.783. The number of carbonyl (C=O) groups excluding carboxylic acids is 1. The minimum absolute atomic E-state index is 0.0362. The molecule has 0 atom stereocenters. The van der Waals surface area contributed by atoms with E-state index in [2.05, 4.69) is 5.32 Å². The zero-order valence-electron chi connectivity index (χ0n) is 13.0. The van der Waals surface area contributed by atoms with Crippen molar-refractivity contribution in [1.82, 2.24) is 10.2 Å². The molecule has 1 fully saturated rings. The van der Waals surface area contributed by atoms with Gasteiger partial charge in [-0.3, -0.25) is 9.59 Å². The molecule has 1 amide bonds. The van der Waals surface area contributed by atoms with Crippen LogP contribution in [0, 0.1) is 23.1 Å². The quantitative estimate of drug-likeness (QED) is 0.632. The highest BCUT2D eigenvalue weighted by atomic mass is 19.1. The third-order valence-electron chi connectivity index (χ3n) is 3.95. The van der Waals surface area contributed by atoms with Gasteiger partial charge in [0.15, 0.2) is 0 Å². The number of aliphatic carboxylic acids is 1. The molecule has 2 N–H and O–H groups in total. The van der Waals surface area contributed by atoms with Crippen LogP contribution in [0.25, 0.3) is 0 Å².